The minimum Gasteiger partial charge on any atom is -0.328 e. The smallest absolute Gasteiger partial charge is 0.255 e. The summed E-state index contributed by atoms with van der Waals surface area (Å²) < 4.78 is 1.81. The molecule has 0 bridgehead atoms. The van der Waals surface area contributed by atoms with Gasteiger partial charge in [0.1, 0.15) is 6.04 Å². The van der Waals surface area contributed by atoms with Crippen LogP contribution in [0.25, 0.3) is 0 Å². The number of anilines is 2. The molecule has 7 heteroatoms. The standard InChI is InChI=1S/C21H21N5OS/c1-3-28-21-24-20-22-14(2)17(19(27)23-16-12-8-5-9-13-16)18(26(20)25-21)15-10-6-4-7-11-15/h4-13,18H,3H2,1-2H3,(H,23,27)(H,22,24,25). The van der Waals surface area contributed by atoms with Crippen molar-refractivity contribution >= 4 is 29.3 Å². The van der Waals surface area contributed by atoms with Crippen LogP contribution in [0.2, 0.25) is 0 Å². The molecule has 0 fully saturated rings. The van der Waals surface area contributed by atoms with Crippen LogP contribution in [0.4, 0.5) is 11.6 Å². The van der Waals surface area contributed by atoms with E-state index < -0.39 is 0 Å². The van der Waals surface area contributed by atoms with Gasteiger partial charge in [0.15, 0.2) is 0 Å². The maximum absolute atomic E-state index is 13.2. The Labute approximate surface area is 168 Å². The minimum atomic E-state index is -0.347. The molecule has 142 valence electrons. The maximum atomic E-state index is 13.2. The fraction of sp³-hybridized carbons (Fsp3) is 0.190. The highest BCUT2D eigenvalue weighted by molar-refractivity contribution is 7.99. The molecule has 2 aromatic carbocycles. The molecular weight excluding hydrogens is 370 g/mol. The highest BCUT2D eigenvalue weighted by atomic mass is 32.2. The number of carbonyl (C=O) groups excluding carboxylic acids is 1. The van der Waals surface area contributed by atoms with Crippen LogP contribution in [0.1, 0.15) is 25.5 Å². The molecule has 2 heterocycles. The number of hydrogen-bond donors (Lipinski definition) is 2. The SMILES string of the molecule is CCSc1nc2n(n1)C(c1ccccc1)C(C(=O)Nc1ccccc1)=C(C)N2. The van der Waals surface area contributed by atoms with Crippen LogP contribution in [0, 0.1) is 0 Å². The molecule has 2 N–H and O–H groups in total. The number of nitrogens with zero attached hydrogens (tertiary/aromatic N) is 3. The molecule has 0 saturated carbocycles. The number of amides is 1. The zero-order chi connectivity index (χ0) is 19.5. The Balaban J connectivity index is 1.77. The normalized spacial score (nSPS) is 15.7. The largest absolute Gasteiger partial charge is 0.328 e. The lowest BCUT2D eigenvalue weighted by atomic mass is 9.95. The van der Waals surface area contributed by atoms with Gasteiger partial charge >= 0.3 is 0 Å². The Morgan fingerprint density at radius 3 is 2.50 bits per heavy atom. The van der Waals surface area contributed by atoms with Crippen molar-refractivity contribution in [3.05, 3.63) is 77.5 Å². The molecule has 1 aliphatic rings. The molecule has 0 spiro atoms. The van der Waals surface area contributed by atoms with Gasteiger partial charge in [0, 0.05) is 11.4 Å². The molecule has 6 nitrogen and oxygen atoms in total. The summed E-state index contributed by atoms with van der Waals surface area (Å²) in [5.41, 5.74) is 3.14. The Morgan fingerprint density at radius 1 is 1.14 bits per heavy atom. The lowest BCUT2D eigenvalue weighted by Gasteiger charge is -2.28. The van der Waals surface area contributed by atoms with Crippen molar-refractivity contribution in [3.8, 4) is 0 Å². The second-order valence-corrected chi connectivity index (χ2v) is 7.62. The van der Waals surface area contributed by atoms with Gasteiger partial charge < -0.3 is 10.6 Å². The fourth-order valence-electron chi connectivity index (χ4n) is 3.28. The highest BCUT2D eigenvalue weighted by Crippen LogP contribution is 2.36. The Kier molecular flexibility index (Phi) is 5.16. The number of thioether (sulfide) groups is 1. The Morgan fingerprint density at radius 2 is 1.82 bits per heavy atom. The summed E-state index contributed by atoms with van der Waals surface area (Å²) in [6, 6.07) is 19.0. The van der Waals surface area contributed by atoms with Crippen LogP contribution < -0.4 is 10.6 Å². The lowest BCUT2D eigenvalue weighted by molar-refractivity contribution is -0.113. The number of nitrogens with one attached hydrogen (secondary N) is 2. The summed E-state index contributed by atoms with van der Waals surface area (Å²) in [6.07, 6.45) is 0. The number of carbonyl (C=O) groups is 1. The van der Waals surface area contributed by atoms with E-state index in [9.17, 15) is 4.79 Å². The Bertz CT molecular complexity index is 1010. The molecule has 28 heavy (non-hydrogen) atoms. The van der Waals surface area contributed by atoms with Gasteiger partial charge in [-0.1, -0.05) is 67.2 Å². The van der Waals surface area contributed by atoms with Gasteiger partial charge in [-0.2, -0.15) is 4.98 Å². The van der Waals surface area contributed by atoms with E-state index in [1.54, 1.807) is 16.4 Å². The molecule has 1 aromatic heterocycles. The van der Waals surface area contributed by atoms with Crippen molar-refractivity contribution in [3.63, 3.8) is 0 Å². The first kappa shape index (κ1) is 18.3. The summed E-state index contributed by atoms with van der Waals surface area (Å²) in [4.78, 5) is 17.8. The zero-order valence-corrected chi connectivity index (χ0v) is 16.5. The molecule has 0 saturated heterocycles. The van der Waals surface area contributed by atoms with E-state index in [4.69, 9.17) is 0 Å². The van der Waals surface area contributed by atoms with Crippen molar-refractivity contribution in [1.29, 1.82) is 0 Å². The molecule has 1 aliphatic heterocycles. The molecular formula is C21H21N5OS. The fourth-order valence-corrected chi connectivity index (χ4v) is 3.83. The van der Waals surface area contributed by atoms with E-state index >= 15 is 0 Å². The van der Waals surface area contributed by atoms with Crippen LogP contribution >= 0.6 is 11.8 Å². The first-order valence-electron chi connectivity index (χ1n) is 9.16. The second-order valence-electron chi connectivity index (χ2n) is 6.39. The second kappa shape index (κ2) is 7.90. The third-order valence-electron chi connectivity index (χ3n) is 4.50. The van der Waals surface area contributed by atoms with Crippen LogP contribution in [0.3, 0.4) is 0 Å². The molecule has 0 aliphatic carbocycles. The van der Waals surface area contributed by atoms with E-state index in [1.807, 2.05) is 67.6 Å². The van der Waals surface area contributed by atoms with E-state index in [-0.39, 0.29) is 11.9 Å². The summed E-state index contributed by atoms with van der Waals surface area (Å²) in [7, 11) is 0. The van der Waals surface area contributed by atoms with Crippen molar-refractivity contribution in [2.24, 2.45) is 0 Å². The van der Waals surface area contributed by atoms with Crippen LogP contribution in [-0.2, 0) is 4.79 Å². The zero-order valence-electron chi connectivity index (χ0n) is 15.7. The summed E-state index contributed by atoms with van der Waals surface area (Å²) in [5.74, 6) is 1.38. The molecule has 1 atom stereocenters. The number of allylic oxidation sites excluding steroid dienone is 1. The average molecular weight is 392 g/mol. The first-order valence-corrected chi connectivity index (χ1v) is 10.1. The molecule has 3 aromatic rings. The number of para-hydroxylation sites is 1. The topological polar surface area (TPSA) is 71.8 Å². The highest BCUT2D eigenvalue weighted by Gasteiger charge is 2.34. The summed E-state index contributed by atoms with van der Waals surface area (Å²) in [5, 5.41) is 11.6. The van der Waals surface area contributed by atoms with Crippen molar-refractivity contribution in [2.75, 3.05) is 16.4 Å². The quantitative estimate of drug-likeness (QED) is 0.634. The van der Waals surface area contributed by atoms with Crippen molar-refractivity contribution in [2.45, 2.75) is 25.0 Å². The Hall–Kier alpha value is -3.06. The van der Waals surface area contributed by atoms with Crippen molar-refractivity contribution < 1.29 is 4.79 Å². The predicted molar refractivity (Wildman–Crippen MR) is 112 cm³/mol. The third kappa shape index (κ3) is 3.53. The molecule has 1 amide bonds. The molecule has 0 radical (unpaired) electrons. The minimum absolute atomic E-state index is 0.157. The number of hydrogen-bond acceptors (Lipinski definition) is 5. The average Bonchev–Trinajstić information content (AvgIpc) is 3.10. The number of aromatic nitrogens is 3. The number of rotatable bonds is 5. The van der Waals surface area contributed by atoms with Gasteiger partial charge in [-0.05, 0) is 30.4 Å². The number of benzene rings is 2. The molecule has 1 unspecified atom stereocenters. The third-order valence-corrected chi connectivity index (χ3v) is 5.22. The van der Waals surface area contributed by atoms with Crippen LogP contribution in [0.15, 0.2) is 77.1 Å². The van der Waals surface area contributed by atoms with E-state index in [2.05, 4.69) is 27.6 Å². The van der Waals surface area contributed by atoms with Gasteiger partial charge in [-0.25, -0.2) is 4.68 Å². The van der Waals surface area contributed by atoms with Gasteiger partial charge in [0.05, 0.1) is 5.57 Å². The maximum Gasteiger partial charge on any atom is 0.255 e. The lowest BCUT2D eigenvalue weighted by Crippen LogP contribution is -2.31. The summed E-state index contributed by atoms with van der Waals surface area (Å²) >= 11 is 1.58. The van der Waals surface area contributed by atoms with Gasteiger partial charge in [-0.3, -0.25) is 4.79 Å². The van der Waals surface area contributed by atoms with Gasteiger partial charge in [0.2, 0.25) is 11.1 Å². The van der Waals surface area contributed by atoms with E-state index in [0.29, 0.717) is 16.7 Å². The van der Waals surface area contributed by atoms with E-state index in [0.717, 1.165) is 22.7 Å². The molecule has 4 rings (SSSR count). The van der Waals surface area contributed by atoms with E-state index in [1.165, 1.54) is 0 Å². The summed E-state index contributed by atoms with van der Waals surface area (Å²) in [6.45, 7) is 3.97. The van der Waals surface area contributed by atoms with Gasteiger partial charge in [-0.15, -0.1) is 5.10 Å². The van der Waals surface area contributed by atoms with Crippen molar-refractivity contribution in [1.82, 2.24) is 14.8 Å². The predicted octanol–water partition coefficient (Wildman–Crippen LogP) is 4.32. The van der Waals surface area contributed by atoms with Crippen LogP contribution in [-0.4, -0.2) is 26.4 Å². The van der Waals surface area contributed by atoms with Gasteiger partial charge in [0.25, 0.3) is 5.91 Å². The van der Waals surface area contributed by atoms with Crippen LogP contribution in [0.5, 0.6) is 0 Å². The first-order chi connectivity index (χ1) is 13.7. The monoisotopic (exact) mass is 391 g/mol. The number of fused-ring (bicyclic) bond motifs is 1.